The number of sulfonamides is 1. The van der Waals surface area contributed by atoms with Gasteiger partial charge in [0.25, 0.3) is 5.56 Å². The summed E-state index contributed by atoms with van der Waals surface area (Å²) in [4.78, 5) is 40.2. The molecule has 2 N–H and O–H groups in total. The second-order valence-electron chi connectivity index (χ2n) is 6.80. The number of hydrogen-bond acceptors (Lipinski definition) is 6. The van der Waals surface area contributed by atoms with Crippen molar-refractivity contribution in [3.63, 3.8) is 0 Å². The number of carbonyl (C=O) groups excluding carboxylic acids is 1. The fraction of sp³-hybridized carbons (Fsp3) is 0.263. The molecule has 11 heteroatoms. The van der Waals surface area contributed by atoms with Crippen molar-refractivity contribution in [1.82, 2.24) is 18.8 Å². The summed E-state index contributed by atoms with van der Waals surface area (Å²) in [6.07, 6.45) is 1.46. The monoisotopic (exact) mass is 431 g/mol. The number of nitrogens with one attached hydrogen (secondary N) is 2. The van der Waals surface area contributed by atoms with E-state index < -0.39 is 27.2 Å². The van der Waals surface area contributed by atoms with Crippen molar-refractivity contribution in [2.75, 3.05) is 11.9 Å². The molecule has 30 heavy (non-hydrogen) atoms. The molecule has 1 amide bonds. The quantitative estimate of drug-likeness (QED) is 0.575. The van der Waals surface area contributed by atoms with Crippen LogP contribution in [0.4, 0.5) is 5.82 Å². The lowest BCUT2D eigenvalue weighted by Crippen LogP contribution is -2.37. The number of anilines is 1. The highest BCUT2D eigenvalue weighted by Gasteiger charge is 2.17. The standard InChI is InChI=1S/C19H21N5O5S/c1-12-6-8-20-16(10-12)22-17(25)7-9-21-30(28,29)13-4-5-15-14(11-13)18(26)24(3)19(27)23(15)2/h4-6,8,10-11,21H,7,9H2,1-3H3,(H,20,22,25). The van der Waals surface area contributed by atoms with Crippen LogP contribution >= 0.6 is 0 Å². The minimum atomic E-state index is -3.96. The van der Waals surface area contributed by atoms with Crippen LogP contribution in [0.25, 0.3) is 10.9 Å². The first-order valence-electron chi connectivity index (χ1n) is 9.02. The van der Waals surface area contributed by atoms with Gasteiger partial charge in [-0.15, -0.1) is 0 Å². The third kappa shape index (κ3) is 4.31. The van der Waals surface area contributed by atoms with Gasteiger partial charge in [0.2, 0.25) is 15.9 Å². The summed E-state index contributed by atoms with van der Waals surface area (Å²) >= 11 is 0. The van der Waals surface area contributed by atoms with Gasteiger partial charge in [-0.05, 0) is 42.8 Å². The van der Waals surface area contributed by atoms with Crippen molar-refractivity contribution < 1.29 is 13.2 Å². The lowest BCUT2D eigenvalue weighted by Gasteiger charge is -2.10. The molecule has 2 heterocycles. The molecule has 0 fully saturated rings. The van der Waals surface area contributed by atoms with E-state index in [4.69, 9.17) is 0 Å². The molecule has 0 aliphatic heterocycles. The summed E-state index contributed by atoms with van der Waals surface area (Å²) in [6.45, 7) is 1.73. The lowest BCUT2D eigenvalue weighted by atomic mass is 10.2. The Bertz CT molecular complexity index is 1360. The van der Waals surface area contributed by atoms with Gasteiger partial charge >= 0.3 is 5.69 Å². The summed E-state index contributed by atoms with van der Waals surface area (Å²) in [5.41, 5.74) is 0.165. The topological polar surface area (TPSA) is 132 Å². The van der Waals surface area contributed by atoms with E-state index in [0.29, 0.717) is 11.3 Å². The van der Waals surface area contributed by atoms with Crippen molar-refractivity contribution in [3.8, 4) is 0 Å². The summed E-state index contributed by atoms with van der Waals surface area (Å²) < 4.78 is 29.7. The fourth-order valence-corrected chi connectivity index (χ4v) is 3.99. The molecule has 0 atom stereocenters. The third-order valence-corrected chi connectivity index (χ3v) is 6.03. The van der Waals surface area contributed by atoms with E-state index in [0.717, 1.165) is 10.1 Å². The van der Waals surface area contributed by atoms with Crippen molar-refractivity contribution in [1.29, 1.82) is 0 Å². The second kappa shape index (κ2) is 8.20. The maximum absolute atomic E-state index is 12.6. The van der Waals surface area contributed by atoms with Gasteiger partial charge in [-0.3, -0.25) is 18.7 Å². The molecule has 0 radical (unpaired) electrons. The average molecular weight is 431 g/mol. The van der Waals surface area contributed by atoms with E-state index in [2.05, 4.69) is 15.0 Å². The van der Waals surface area contributed by atoms with Crippen LogP contribution in [-0.2, 0) is 28.9 Å². The maximum atomic E-state index is 12.6. The molecule has 10 nitrogen and oxygen atoms in total. The first-order valence-corrected chi connectivity index (χ1v) is 10.5. The van der Waals surface area contributed by atoms with Crippen LogP contribution in [0.1, 0.15) is 12.0 Å². The smallest absolute Gasteiger partial charge is 0.311 e. The minimum Gasteiger partial charge on any atom is -0.311 e. The van der Waals surface area contributed by atoms with Crippen molar-refractivity contribution in [3.05, 3.63) is 62.9 Å². The SMILES string of the molecule is Cc1ccnc(NC(=O)CCNS(=O)(=O)c2ccc3c(c2)c(=O)n(C)c(=O)n3C)c1. The van der Waals surface area contributed by atoms with Gasteiger partial charge in [-0.2, -0.15) is 0 Å². The highest BCUT2D eigenvalue weighted by molar-refractivity contribution is 7.89. The molecule has 2 aromatic heterocycles. The molecule has 3 rings (SSSR count). The predicted molar refractivity (Wildman–Crippen MR) is 112 cm³/mol. The third-order valence-electron chi connectivity index (χ3n) is 4.58. The molecule has 3 aromatic rings. The summed E-state index contributed by atoms with van der Waals surface area (Å²) in [5, 5.41) is 2.70. The van der Waals surface area contributed by atoms with Crippen LogP contribution in [0, 0.1) is 6.92 Å². The molecule has 0 bridgehead atoms. The number of carbonyl (C=O) groups is 1. The molecule has 0 unspecified atom stereocenters. The van der Waals surface area contributed by atoms with Gasteiger partial charge < -0.3 is 5.32 Å². The van der Waals surface area contributed by atoms with E-state index >= 15 is 0 Å². The van der Waals surface area contributed by atoms with Gasteiger partial charge in [-0.25, -0.2) is 22.9 Å². The van der Waals surface area contributed by atoms with Gasteiger partial charge in [0.1, 0.15) is 5.82 Å². The highest BCUT2D eigenvalue weighted by Crippen LogP contribution is 2.15. The zero-order chi connectivity index (χ0) is 22.1. The molecule has 158 valence electrons. The van der Waals surface area contributed by atoms with Crippen LogP contribution in [0.2, 0.25) is 0 Å². The van der Waals surface area contributed by atoms with Crippen LogP contribution in [0.5, 0.6) is 0 Å². The number of fused-ring (bicyclic) bond motifs is 1. The van der Waals surface area contributed by atoms with E-state index in [-0.39, 0.29) is 23.2 Å². The molecule has 0 saturated carbocycles. The van der Waals surface area contributed by atoms with Gasteiger partial charge in [0, 0.05) is 33.3 Å². The Labute approximate surface area is 172 Å². The first-order chi connectivity index (χ1) is 14.1. The number of benzene rings is 1. The minimum absolute atomic E-state index is 0.0985. The summed E-state index contributed by atoms with van der Waals surface area (Å²) in [6, 6.07) is 7.42. The normalized spacial score (nSPS) is 11.6. The molecular formula is C19H21N5O5S. The zero-order valence-corrected chi connectivity index (χ0v) is 17.5. The summed E-state index contributed by atoms with van der Waals surface area (Å²) in [7, 11) is -1.14. The number of aryl methyl sites for hydroxylation is 2. The predicted octanol–water partition coefficient (Wildman–Crippen LogP) is 0.248. The second-order valence-corrected chi connectivity index (χ2v) is 8.57. The van der Waals surface area contributed by atoms with E-state index in [1.54, 1.807) is 18.3 Å². The number of rotatable bonds is 6. The fourth-order valence-electron chi connectivity index (χ4n) is 2.93. The van der Waals surface area contributed by atoms with Crippen LogP contribution in [-0.4, -0.2) is 35.0 Å². The van der Waals surface area contributed by atoms with Gasteiger partial charge in [0.05, 0.1) is 15.8 Å². The number of hydrogen-bond donors (Lipinski definition) is 2. The van der Waals surface area contributed by atoms with Gasteiger partial charge in [-0.1, -0.05) is 0 Å². The van der Waals surface area contributed by atoms with Crippen LogP contribution in [0.3, 0.4) is 0 Å². The molecular weight excluding hydrogens is 410 g/mol. The Morgan fingerprint density at radius 2 is 1.83 bits per heavy atom. The van der Waals surface area contributed by atoms with Crippen LogP contribution < -0.4 is 21.3 Å². The van der Waals surface area contributed by atoms with Gasteiger partial charge in [0.15, 0.2) is 0 Å². The number of aromatic nitrogens is 3. The van der Waals surface area contributed by atoms with Crippen molar-refractivity contribution >= 4 is 32.7 Å². The average Bonchev–Trinajstić information content (AvgIpc) is 2.70. The van der Waals surface area contributed by atoms with E-state index in [9.17, 15) is 22.8 Å². The lowest BCUT2D eigenvalue weighted by molar-refractivity contribution is -0.116. The Hall–Kier alpha value is -3.31. The van der Waals surface area contributed by atoms with E-state index in [1.807, 2.05) is 6.92 Å². The molecule has 0 aliphatic carbocycles. The Morgan fingerprint density at radius 3 is 2.53 bits per heavy atom. The largest absolute Gasteiger partial charge is 0.330 e. The number of nitrogens with zero attached hydrogens (tertiary/aromatic N) is 3. The zero-order valence-electron chi connectivity index (χ0n) is 16.7. The molecule has 1 aromatic carbocycles. The Kier molecular flexibility index (Phi) is 5.85. The highest BCUT2D eigenvalue weighted by atomic mass is 32.2. The number of pyridine rings is 1. The number of amides is 1. The van der Waals surface area contributed by atoms with E-state index in [1.165, 1.54) is 36.9 Å². The Balaban J connectivity index is 1.74. The molecule has 0 saturated heterocycles. The first kappa shape index (κ1) is 21.4. The van der Waals surface area contributed by atoms with Crippen LogP contribution in [0.15, 0.2) is 51.0 Å². The molecule has 0 spiro atoms. The maximum Gasteiger partial charge on any atom is 0.330 e. The van der Waals surface area contributed by atoms with Crippen molar-refractivity contribution in [2.24, 2.45) is 14.1 Å². The van der Waals surface area contributed by atoms with Crippen molar-refractivity contribution in [2.45, 2.75) is 18.2 Å². The summed E-state index contributed by atoms with van der Waals surface area (Å²) in [5.74, 6) is -0.00276. The Morgan fingerprint density at radius 1 is 1.10 bits per heavy atom. The molecule has 0 aliphatic rings.